The fourth-order valence-electron chi connectivity index (χ4n) is 7.50. The Morgan fingerprint density at radius 3 is 1.75 bits per heavy atom. The van der Waals surface area contributed by atoms with E-state index < -0.39 is 0 Å². The van der Waals surface area contributed by atoms with Gasteiger partial charge in [-0.05, 0) is 60.2 Å². The molecule has 0 bridgehead atoms. The first-order valence-corrected chi connectivity index (χ1v) is 19.4. The summed E-state index contributed by atoms with van der Waals surface area (Å²) in [6.07, 6.45) is 2.55. The third-order valence-corrected chi connectivity index (χ3v) is 11.1. The molecule has 0 aliphatic carbocycles. The molecule has 0 radical (unpaired) electrons. The summed E-state index contributed by atoms with van der Waals surface area (Å²) in [6.45, 7) is 23.1. The topological polar surface area (TPSA) is 39.0 Å². The molecule has 6 nitrogen and oxygen atoms in total. The highest BCUT2D eigenvalue weighted by atomic mass is 15.4. The molecule has 5 aromatic rings. The highest BCUT2D eigenvalue weighted by molar-refractivity contribution is 6.07. The maximum Gasteiger partial charge on any atom is 0.181 e. The van der Waals surface area contributed by atoms with Gasteiger partial charge in [0, 0.05) is 94.3 Å². The van der Waals surface area contributed by atoms with Gasteiger partial charge in [-0.25, -0.2) is 4.57 Å². The molecule has 0 N–H and O–H groups in total. The van der Waals surface area contributed by atoms with E-state index in [1.807, 2.05) is 27.7 Å². The van der Waals surface area contributed by atoms with Crippen LogP contribution in [0.1, 0.15) is 95.0 Å². The predicted molar refractivity (Wildman–Crippen MR) is 223 cm³/mol. The van der Waals surface area contributed by atoms with E-state index in [0.717, 1.165) is 44.0 Å². The van der Waals surface area contributed by atoms with Crippen molar-refractivity contribution in [3.05, 3.63) is 152 Å². The molecule has 2 aliphatic heterocycles. The first-order valence-electron chi connectivity index (χ1n) is 19.4. The summed E-state index contributed by atoms with van der Waals surface area (Å²) in [6, 6.07) is 31.0. The SMILES string of the molecule is CC.CC.Cc1c(Cc2cc(C)[n+](Cc3ccc(CN4/C(=N\N=C5/Cc6ccccc6N5C)Cc5ccccc54)cc3)c(C)c2C)cc(C)[n+](C)c1C. The minimum atomic E-state index is 0.756. The molecule has 0 amide bonds. The predicted octanol–water partition coefficient (Wildman–Crippen LogP) is 9.31. The van der Waals surface area contributed by atoms with E-state index in [0.29, 0.717) is 0 Å². The van der Waals surface area contributed by atoms with Gasteiger partial charge in [0.25, 0.3) is 0 Å². The van der Waals surface area contributed by atoms with Gasteiger partial charge in [-0.15, -0.1) is 10.2 Å². The van der Waals surface area contributed by atoms with Crippen LogP contribution in [0.5, 0.6) is 0 Å². The fraction of sp³-hybridized carbons (Fsp3) is 0.362. The molecule has 0 unspecified atom stereocenters. The number of aryl methyl sites for hydroxylation is 2. The molecule has 2 aromatic heterocycles. The second kappa shape index (κ2) is 17.2. The second-order valence-corrected chi connectivity index (χ2v) is 14.0. The van der Waals surface area contributed by atoms with Crippen molar-refractivity contribution < 1.29 is 9.13 Å². The van der Waals surface area contributed by atoms with Gasteiger partial charge in [0.2, 0.25) is 0 Å². The summed E-state index contributed by atoms with van der Waals surface area (Å²) in [7, 11) is 4.24. The average molecular weight is 709 g/mol. The molecule has 53 heavy (non-hydrogen) atoms. The van der Waals surface area contributed by atoms with E-state index in [9.17, 15) is 0 Å². The standard InChI is InChI=1S/C43H48N6.2C2H6/c1-28-21-38(30(3)32(5)46(28)7)23-39-22-29(2)48(33(6)31(39)4)26-34-17-19-35(20-18-34)27-49-41-16-12-10-14-37(41)25-43(49)45-44-42-24-36-13-9-11-15-40(36)47(42)8;2*1-2/h9-22H,23-27H2,1-8H3;2*1-2H3/q+2;;/b44-42+,45-43-;;. The first kappa shape index (κ1) is 39.1. The van der Waals surface area contributed by atoms with Crippen LogP contribution in [-0.4, -0.2) is 18.7 Å². The highest BCUT2D eigenvalue weighted by Crippen LogP contribution is 2.32. The number of hydrogen-bond donors (Lipinski definition) is 0. The van der Waals surface area contributed by atoms with Gasteiger partial charge in [0.1, 0.15) is 18.7 Å². The van der Waals surface area contributed by atoms with E-state index >= 15 is 0 Å². The van der Waals surface area contributed by atoms with Gasteiger partial charge in [-0.1, -0.05) is 88.4 Å². The lowest BCUT2D eigenvalue weighted by molar-refractivity contribution is -0.700. The van der Waals surface area contributed by atoms with Gasteiger partial charge >= 0.3 is 0 Å². The Bertz CT molecular complexity index is 2140. The molecule has 0 spiro atoms. The molecule has 3 aromatic carbocycles. The van der Waals surface area contributed by atoms with Crippen LogP contribution >= 0.6 is 0 Å². The largest absolute Gasteiger partial charge is 0.331 e. The Morgan fingerprint density at radius 2 is 1.11 bits per heavy atom. The van der Waals surface area contributed by atoms with Gasteiger partial charge in [-0.3, -0.25) is 0 Å². The lowest BCUT2D eigenvalue weighted by Crippen LogP contribution is -2.42. The molecule has 2 aliphatic rings. The van der Waals surface area contributed by atoms with Crippen LogP contribution in [0.4, 0.5) is 11.4 Å². The third kappa shape index (κ3) is 8.12. The Hall–Kier alpha value is -5.10. The van der Waals surface area contributed by atoms with Crippen LogP contribution in [0.2, 0.25) is 0 Å². The van der Waals surface area contributed by atoms with Crippen LogP contribution in [0.25, 0.3) is 0 Å². The molecule has 0 saturated carbocycles. The van der Waals surface area contributed by atoms with Crippen molar-refractivity contribution in [2.24, 2.45) is 17.3 Å². The van der Waals surface area contributed by atoms with Crippen molar-refractivity contribution in [3.63, 3.8) is 0 Å². The maximum absolute atomic E-state index is 4.87. The van der Waals surface area contributed by atoms with Crippen molar-refractivity contribution in [1.29, 1.82) is 0 Å². The average Bonchev–Trinajstić information content (AvgIpc) is 3.70. The van der Waals surface area contributed by atoms with Gasteiger partial charge in [0.05, 0.1) is 0 Å². The van der Waals surface area contributed by atoms with Crippen LogP contribution < -0.4 is 18.9 Å². The number of rotatable bonds is 7. The highest BCUT2D eigenvalue weighted by Gasteiger charge is 2.27. The molecule has 0 fully saturated rings. The van der Waals surface area contributed by atoms with E-state index in [1.54, 1.807) is 0 Å². The molecule has 6 heteroatoms. The van der Waals surface area contributed by atoms with Crippen LogP contribution in [0, 0.1) is 41.5 Å². The van der Waals surface area contributed by atoms with Gasteiger partial charge in [-0.2, -0.15) is 4.57 Å². The molecule has 4 heterocycles. The normalized spacial score (nSPS) is 14.5. The summed E-state index contributed by atoms with van der Waals surface area (Å²) in [5, 5.41) is 9.66. The Balaban J connectivity index is 0.00000131. The lowest BCUT2D eigenvalue weighted by Gasteiger charge is -2.20. The number of nitrogens with zero attached hydrogens (tertiary/aromatic N) is 6. The van der Waals surface area contributed by atoms with Crippen molar-refractivity contribution in [2.75, 3.05) is 16.8 Å². The summed E-state index contributed by atoms with van der Waals surface area (Å²) in [5.74, 6) is 1.97. The molecular weight excluding hydrogens is 649 g/mol. The number of benzene rings is 3. The number of anilines is 2. The quantitative estimate of drug-likeness (QED) is 0.125. The molecule has 0 atom stereocenters. The zero-order chi connectivity index (χ0) is 38.4. The van der Waals surface area contributed by atoms with Crippen molar-refractivity contribution in [2.45, 2.75) is 102 Å². The zero-order valence-electron chi connectivity index (χ0n) is 34.3. The number of aromatic nitrogens is 2. The zero-order valence-corrected chi connectivity index (χ0v) is 34.3. The van der Waals surface area contributed by atoms with Crippen LogP contribution in [0.3, 0.4) is 0 Å². The van der Waals surface area contributed by atoms with E-state index in [4.69, 9.17) is 10.2 Å². The number of likely N-dealkylation sites (N-methyl/N-ethyl adjacent to an activating group) is 1. The summed E-state index contributed by atoms with van der Waals surface area (Å²) >= 11 is 0. The molecular formula is C47H60N6+2. The van der Waals surface area contributed by atoms with Gasteiger partial charge in [0.15, 0.2) is 29.3 Å². The van der Waals surface area contributed by atoms with E-state index in [2.05, 4.69) is 160 Å². The number of amidine groups is 2. The number of para-hydroxylation sites is 2. The third-order valence-electron chi connectivity index (χ3n) is 11.1. The second-order valence-electron chi connectivity index (χ2n) is 14.0. The summed E-state index contributed by atoms with van der Waals surface area (Å²) in [4.78, 5) is 4.49. The Labute approximate surface area is 319 Å². The Kier molecular flexibility index (Phi) is 12.7. The Morgan fingerprint density at radius 1 is 0.604 bits per heavy atom. The molecule has 0 saturated heterocycles. The van der Waals surface area contributed by atoms with Crippen LogP contribution in [0.15, 0.2) is 95.1 Å². The summed E-state index contributed by atoms with van der Waals surface area (Å²) < 4.78 is 4.74. The lowest BCUT2D eigenvalue weighted by atomic mass is 9.95. The van der Waals surface area contributed by atoms with Crippen LogP contribution in [-0.2, 0) is 39.4 Å². The number of pyridine rings is 2. The number of hydrogen-bond acceptors (Lipinski definition) is 2. The fourth-order valence-corrected chi connectivity index (χ4v) is 7.50. The summed E-state index contributed by atoms with van der Waals surface area (Å²) in [5.41, 5.74) is 18.4. The monoisotopic (exact) mass is 708 g/mol. The van der Waals surface area contributed by atoms with E-state index in [1.165, 1.54) is 78.7 Å². The maximum atomic E-state index is 4.87. The van der Waals surface area contributed by atoms with Gasteiger partial charge < -0.3 is 9.80 Å². The smallest absolute Gasteiger partial charge is 0.181 e. The molecule has 7 rings (SSSR count). The number of fused-ring (bicyclic) bond motifs is 2. The molecule has 276 valence electrons. The first-order chi connectivity index (χ1) is 25.6. The van der Waals surface area contributed by atoms with Crippen molar-refractivity contribution in [3.8, 4) is 0 Å². The minimum absolute atomic E-state index is 0.756. The van der Waals surface area contributed by atoms with Crippen molar-refractivity contribution in [1.82, 2.24) is 0 Å². The van der Waals surface area contributed by atoms with Crippen molar-refractivity contribution >= 4 is 23.0 Å². The minimum Gasteiger partial charge on any atom is -0.331 e. The van der Waals surface area contributed by atoms with E-state index in [-0.39, 0.29) is 0 Å².